The quantitative estimate of drug-likeness (QED) is 0.112. The molecule has 0 amide bonds. The second kappa shape index (κ2) is 17.2. The van der Waals surface area contributed by atoms with Crippen molar-refractivity contribution in [2.24, 2.45) is 11.3 Å². The Hall–Kier alpha value is -3.41. The number of pyridine rings is 2. The van der Waals surface area contributed by atoms with Crippen LogP contribution in [0.3, 0.4) is 0 Å². The molecule has 5 heteroatoms. The monoisotopic (exact) mass is 945 g/mol. The Kier molecular flexibility index (Phi) is 11.3. The third-order valence-corrected chi connectivity index (χ3v) is 13.9. The van der Waals surface area contributed by atoms with Gasteiger partial charge in [-0.15, -0.1) is 23.8 Å². The summed E-state index contributed by atoms with van der Waals surface area (Å²) >= 11 is -0.201. The van der Waals surface area contributed by atoms with E-state index >= 15 is 0 Å². The molecule has 0 N–H and O–H groups in total. The van der Waals surface area contributed by atoms with Gasteiger partial charge in [-0.3, -0.25) is 0 Å². The molecule has 4 aromatic carbocycles. The van der Waals surface area contributed by atoms with Crippen molar-refractivity contribution in [2.75, 3.05) is 0 Å². The normalized spacial score (nSPS) is 13.4. The molecule has 7 rings (SSSR count). The summed E-state index contributed by atoms with van der Waals surface area (Å²) in [6.07, 6.45) is 1.81. The summed E-state index contributed by atoms with van der Waals surface area (Å²) in [4.78, 5) is 9.22. The molecule has 0 aliphatic heterocycles. The molecule has 1 radical (unpaired) electrons. The van der Waals surface area contributed by atoms with E-state index in [-0.39, 0.29) is 20.1 Å². The van der Waals surface area contributed by atoms with Crippen LogP contribution in [0.4, 0.5) is 0 Å². The van der Waals surface area contributed by atoms with Gasteiger partial charge in [0.05, 0.1) is 0 Å². The molecule has 0 atom stereocenters. The third-order valence-electron chi connectivity index (χ3n) is 8.43. The number of hydrogen-bond donors (Lipinski definition) is 0. The molecule has 0 fully saturated rings. The summed E-state index contributed by atoms with van der Waals surface area (Å²) in [5.74, 6) is 7.99. The number of thiophene rings is 1. The molecule has 0 unspecified atom stereocenters. The molecule has 3 aromatic heterocycles. The maximum absolute atomic E-state index is 8.77. The molecule has 0 aliphatic rings. The van der Waals surface area contributed by atoms with Crippen molar-refractivity contribution in [3.8, 4) is 22.5 Å². The number of aromatic nitrogens is 2. The van der Waals surface area contributed by atoms with Crippen molar-refractivity contribution in [2.45, 2.75) is 71.1 Å². The van der Waals surface area contributed by atoms with Crippen LogP contribution in [0.25, 0.3) is 42.7 Å². The minimum Gasteiger partial charge on any atom is -0.305 e. The van der Waals surface area contributed by atoms with Crippen molar-refractivity contribution in [3.63, 3.8) is 0 Å². The summed E-state index contributed by atoms with van der Waals surface area (Å²) in [6.45, 7) is 10.3. The molecule has 52 heavy (non-hydrogen) atoms. The van der Waals surface area contributed by atoms with Crippen molar-refractivity contribution in [1.29, 1.82) is 0 Å². The Balaban J connectivity index is 0.000000244. The molecule has 2 nitrogen and oxygen atoms in total. The van der Waals surface area contributed by atoms with Crippen LogP contribution >= 0.6 is 11.3 Å². The van der Waals surface area contributed by atoms with Crippen LogP contribution in [0.5, 0.6) is 0 Å². The minimum absolute atomic E-state index is 0. The standard InChI is InChI=1S/C29H26NS.C18H24GeN.Ir/c1-29(2,3)19-22-13-14-30-26(17-22)23-10-12-28-25(18-23)24-16-21(9-11-27(24)31-28)15-20-7-5-4-6-8-20;1-14(2)11-16-12-18(15-9-7-6-8-10-15)20-13-17(16)19(3,4)5;/h4-9,11-14,16-18H,15,19H2,1-3H3;6-9,12-14H,11H2,1-5H3;/q2*-1;/i15D2,19D2;;. The zero-order valence-electron chi connectivity index (χ0n) is 35.4. The van der Waals surface area contributed by atoms with E-state index in [0.29, 0.717) is 28.3 Å². The van der Waals surface area contributed by atoms with E-state index in [2.05, 4.69) is 66.6 Å². The van der Waals surface area contributed by atoms with E-state index in [9.17, 15) is 0 Å². The van der Waals surface area contributed by atoms with Crippen molar-refractivity contribution < 1.29 is 25.6 Å². The summed E-state index contributed by atoms with van der Waals surface area (Å²) in [7, 11) is 0. The summed E-state index contributed by atoms with van der Waals surface area (Å²) in [5.41, 5.74) is 6.38. The SMILES string of the molecule is CC(C)Cc1cc(-c2[c-]cccc2)nc[c]1[Ge]([CH3])([CH3])[CH3].[2H]C([2H])(c1ccccc1)c1ccc2sc3c[c-]c(-c4cc(C([2H])([2H])C(C)(C)C)ccn4)cc3c2c1.[Ir]. The van der Waals surface area contributed by atoms with Gasteiger partial charge in [0.25, 0.3) is 0 Å². The van der Waals surface area contributed by atoms with E-state index in [1.54, 1.807) is 28.0 Å². The molecular weight excluding hydrogens is 889 g/mol. The van der Waals surface area contributed by atoms with Gasteiger partial charge in [0, 0.05) is 36.5 Å². The minimum atomic E-state index is -1.86. The molecule has 7 aromatic rings. The van der Waals surface area contributed by atoms with E-state index < -0.39 is 31.4 Å². The first-order valence-corrected chi connectivity index (χ1v) is 25.9. The number of hydrogen-bond acceptors (Lipinski definition) is 3. The molecular formula is C47H50GeIrN2S-2. The van der Waals surface area contributed by atoms with Crippen LogP contribution in [0.2, 0.25) is 17.3 Å². The van der Waals surface area contributed by atoms with Crippen LogP contribution in [-0.2, 0) is 39.3 Å². The molecule has 0 aliphatic carbocycles. The van der Waals surface area contributed by atoms with Crippen LogP contribution in [0, 0.1) is 23.5 Å². The molecule has 269 valence electrons. The second-order valence-corrected chi connectivity index (χ2v) is 27.2. The topological polar surface area (TPSA) is 25.8 Å². The summed E-state index contributed by atoms with van der Waals surface area (Å²) in [5, 5.41) is 2.02. The molecule has 0 spiro atoms. The van der Waals surface area contributed by atoms with Crippen LogP contribution in [0.1, 0.15) is 62.4 Å². The predicted octanol–water partition coefficient (Wildman–Crippen LogP) is 12.4. The number of benzene rings is 4. The van der Waals surface area contributed by atoms with Gasteiger partial charge in [0.2, 0.25) is 0 Å². The molecule has 0 saturated heterocycles. The Morgan fingerprint density at radius 3 is 2.17 bits per heavy atom. The summed E-state index contributed by atoms with van der Waals surface area (Å²) < 4.78 is 38.5. The first kappa shape index (κ1) is 34.4. The summed E-state index contributed by atoms with van der Waals surface area (Å²) in [6, 6.07) is 39.6. The maximum atomic E-state index is 8.77. The van der Waals surface area contributed by atoms with E-state index in [4.69, 9.17) is 10.5 Å². The smallest absolute Gasteiger partial charge is 0.0366 e. The maximum Gasteiger partial charge on any atom is 0.0366 e. The molecule has 0 bridgehead atoms. The van der Waals surface area contributed by atoms with Gasteiger partial charge < -0.3 is 4.98 Å². The van der Waals surface area contributed by atoms with Gasteiger partial charge in [0.1, 0.15) is 0 Å². The van der Waals surface area contributed by atoms with Crippen molar-refractivity contribution >= 4 is 49.2 Å². The van der Waals surface area contributed by atoms with Gasteiger partial charge in [0.15, 0.2) is 0 Å². The Morgan fingerprint density at radius 2 is 1.48 bits per heavy atom. The van der Waals surface area contributed by atoms with E-state index in [1.165, 1.54) is 5.56 Å². The van der Waals surface area contributed by atoms with Crippen LogP contribution in [0.15, 0.2) is 116 Å². The van der Waals surface area contributed by atoms with Gasteiger partial charge in [-0.2, -0.15) is 11.3 Å². The molecule has 0 saturated carbocycles. The van der Waals surface area contributed by atoms with Gasteiger partial charge in [-0.05, 0) is 57.2 Å². The van der Waals surface area contributed by atoms with E-state index in [1.807, 2.05) is 106 Å². The zero-order valence-corrected chi connectivity index (χ0v) is 36.7. The molecule has 3 heterocycles. The Bertz CT molecular complexity index is 2420. The van der Waals surface area contributed by atoms with E-state index in [0.717, 1.165) is 43.4 Å². The third kappa shape index (κ3) is 10.4. The Labute approximate surface area is 337 Å². The van der Waals surface area contributed by atoms with Gasteiger partial charge in [-0.1, -0.05) is 80.3 Å². The first-order valence-electron chi connectivity index (χ1n) is 19.7. The van der Waals surface area contributed by atoms with Crippen molar-refractivity contribution in [1.82, 2.24) is 9.97 Å². The number of rotatable bonds is 8. The van der Waals surface area contributed by atoms with Gasteiger partial charge >= 0.3 is 126 Å². The predicted molar refractivity (Wildman–Crippen MR) is 224 cm³/mol. The van der Waals surface area contributed by atoms with Gasteiger partial charge in [-0.25, -0.2) is 0 Å². The Morgan fingerprint density at radius 1 is 0.750 bits per heavy atom. The van der Waals surface area contributed by atoms with Crippen molar-refractivity contribution in [3.05, 3.63) is 150 Å². The second-order valence-electron chi connectivity index (χ2n) is 15.6. The fourth-order valence-corrected chi connectivity index (χ4v) is 10.6. The number of nitrogens with zero attached hydrogens (tertiary/aromatic N) is 2. The largest absolute Gasteiger partial charge is 0.305 e. The average molecular weight is 944 g/mol. The van der Waals surface area contributed by atoms with Crippen LogP contribution < -0.4 is 4.40 Å². The number of fused-ring (bicyclic) bond motifs is 3. The van der Waals surface area contributed by atoms with Crippen LogP contribution in [-0.4, -0.2) is 23.2 Å². The fourth-order valence-electron chi connectivity index (χ4n) is 6.20. The fraction of sp³-hybridized carbons (Fsp3) is 0.277. The zero-order chi connectivity index (χ0) is 39.8. The first-order chi connectivity index (χ1) is 25.9. The average Bonchev–Trinajstić information content (AvgIpc) is 3.52.